The van der Waals surface area contributed by atoms with E-state index in [-0.39, 0.29) is 6.54 Å². The number of hydrogen-bond donors (Lipinski definition) is 3. The fourth-order valence-electron chi connectivity index (χ4n) is 2.84. The van der Waals surface area contributed by atoms with E-state index >= 15 is 0 Å². The van der Waals surface area contributed by atoms with Crippen molar-refractivity contribution in [3.05, 3.63) is 35.9 Å². The summed E-state index contributed by atoms with van der Waals surface area (Å²) in [5.74, 6) is -0.213. The van der Waals surface area contributed by atoms with Crippen molar-refractivity contribution < 1.29 is 9.90 Å². The minimum absolute atomic E-state index is 0.239. The third-order valence-electron chi connectivity index (χ3n) is 3.90. The molecule has 0 spiro atoms. The van der Waals surface area contributed by atoms with Crippen LogP contribution in [0.25, 0.3) is 0 Å². The predicted molar refractivity (Wildman–Crippen MR) is 74.6 cm³/mol. The zero-order valence-electron chi connectivity index (χ0n) is 11.1. The van der Waals surface area contributed by atoms with E-state index in [1.54, 1.807) is 0 Å². The highest BCUT2D eigenvalue weighted by atomic mass is 16.3. The number of rotatable bonds is 5. The molecular formula is C15H22N2O2. The Bertz CT molecular complexity index is 408. The summed E-state index contributed by atoms with van der Waals surface area (Å²) >= 11 is 0. The van der Waals surface area contributed by atoms with Crippen LogP contribution < -0.4 is 11.1 Å². The number of nitrogens with two attached hydrogens (primary N) is 1. The van der Waals surface area contributed by atoms with Crippen LogP contribution in [0.2, 0.25) is 0 Å². The van der Waals surface area contributed by atoms with Gasteiger partial charge in [-0.2, -0.15) is 0 Å². The fraction of sp³-hybridized carbons (Fsp3) is 0.533. The van der Waals surface area contributed by atoms with Gasteiger partial charge in [-0.05, 0) is 24.3 Å². The van der Waals surface area contributed by atoms with Gasteiger partial charge in [-0.1, -0.05) is 43.2 Å². The number of carbonyl (C=O) groups is 1. The number of aliphatic hydroxyl groups excluding tert-OH is 1. The van der Waals surface area contributed by atoms with Gasteiger partial charge in [-0.25, -0.2) is 0 Å². The van der Waals surface area contributed by atoms with Crippen molar-refractivity contribution in [3.8, 4) is 0 Å². The standard InChI is InChI=1S/C15H22N2O2/c16-15(19)14(18)10-17-13-9-5-4-8-12(13)11-6-2-1-3-7-11/h1-3,6-7,12-14,17-18H,4-5,8-10H2,(H2,16,19). The Kier molecular flexibility index (Phi) is 4.93. The van der Waals surface area contributed by atoms with Gasteiger partial charge in [0.2, 0.25) is 5.91 Å². The molecule has 1 amide bonds. The molecule has 3 atom stereocenters. The topological polar surface area (TPSA) is 75.4 Å². The Balaban J connectivity index is 1.98. The monoisotopic (exact) mass is 262 g/mol. The molecule has 104 valence electrons. The van der Waals surface area contributed by atoms with Crippen molar-refractivity contribution in [1.29, 1.82) is 0 Å². The van der Waals surface area contributed by atoms with Crippen LogP contribution in [0.5, 0.6) is 0 Å². The molecule has 0 aliphatic heterocycles. The van der Waals surface area contributed by atoms with Crippen LogP contribution in [-0.2, 0) is 4.79 Å². The van der Waals surface area contributed by atoms with Crippen LogP contribution in [0, 0.1) is 0 Å². The normalized spacial score (nSPS) is 24.9. The van der Waals surface area contributed by atoms with Crippen LogP contribution in [0.1, 0.15) is 37.2 Å². The van der Waals surface area contributed by atoms with Crippen molar-refractivity contribution in [2.75, 3.05) is 6.54 Å². The van der Waals surface area contributed by atoms with Gasteiger partial charge in [0.25, 0.3) is 0 Å². The highest BCUT2D eigenvalue weighted by Gasteiger charge is 2.26. The molecule has 19 heavy (non-hydrogen) atoms. The summed E-state index contributed by atoms with van der Waals surface area (Å²) in [7, 11) is 0. The summed E-state index contributed by atoms with van der Waals surface area (Å²) in [4.78, 5) is 10.9. The molecule has 0 saturated heterocycles. The van der Waals surface area contributed by atoms with Gasteiger partial charge in [-0.3, -0.25) is 4.79 Å². The lowest BCUT2D eigenvalue weighted by molar-refractivity contribution is -0.125. The Morgan fingerprint density at radius 1 is 1.32 bits per heavy atom. The molecule has 1 aromatic carbocycles. The molecule has 0 heterocycles. The molecular weight excluding hydrogens is 240 g/mol. The van der Waals surface area contributed by atoms with Crippen molar-refractivity contribution >= 4 is 5.91 Å². The number of amides is 1. The summed E-state index contributed by atoms with van der Waals surface area (Å²) in [6.07, 6.45) is 3.54. The zero-order chi connectivity index (χ0) is 13.7. The molecule has 2 rings (SSSR count). The lowest BCUT2D eigenvalue weighted by Crippen LogP contribution is -2.44. The molecule has 1 aliphatic carbocycles. The van der Waals surface area contributed by atoms with Crippen LogP contribution in [0.4, 0.5) is 0 Å². The van der Waals surface area contributed by atoms with E-state index in [4.69, 9.17) is 5.73 Å². The number of nitrogens with one attached hydrogen (secondary N) is 1. The zero-order valence-corrected chi connectivity index (χ0v) is 11.1. The lowest BCUT2D eigenvalue weighted by atomic mass is 9.80. The summed E-state index contributed by atoms with van der Waals surface area (Å²) < 4.78 is 0. The highest BCUT2D eigenvalue weighted by Crippen LogP contribution is 2.32. The fourth-order valence-corrected chi connectivity index (χ4v) is 2.84. The average Bonchev–Trinajstić information content (AvgIpc) is 2.46. The van der Waals surface area contributed by atoms with E-state index in [1.807, 2.05) is 6.07 Å². The lowest BCUT2D eigenvalue weighted by Gasteiger charge is -2.33. The van der Waals surface area contributed by atoms with Gasteiger partial charge in [0, 0.05) is 12.6 Å². The maximum absolute atomic E-state index is 10.9. The summed E-state index contributed by atoms with van der Waals surface area (Å²) in [6, 6.07) is 10.7. The van der Waals surface area contributed by atoms with E-state index in [0.29, 0.717) is 12.0 Å². The second-order valence-electron chi connectivity index (χ2n) is 5.23. The highest BCUT2D eigenvalue weighted by molar-refractivity contribution is 5.78. The van der Waals surface area contributed by atoms with Crippen LogP contribution in [0.3, 0.4) is 0 Å². The first kappa shape index (κ1) is 14.0. The first-order valence-electron chi connectivity index (χ1n) is 6.94. The Hall–Kier alpha value is -1.39. The average molecular weight is 262 g/mol. The quantitative estimate of drug-likeness (QED) is 0.745. The third kappa shape index (κ3) is 3.78. The maximum atomic E-state index is 10.9. The molecule has 4 nitrogen and oxygen atoms in total. The van der Waals surface area contributed by atoms with E-state index in [0.717, 1.165) is 12.8 Å². The number of benzene rings is 1. The van der Waals surface area contributed by atoms with Crippen molar-refractivity contribution in [2.24, 2.45) is 5.73 Å². The van der Waals surface area contributed by atoms with E-state index in [2.05, 4.69) is 29.6 Å². The van der Waals surface area contributed by atoms with Gasteiger partial charge >= 0.3 is 0 Å². The number of carbonyl (C=O) groups excluding carboxylic acids is 1. The molecule has 0 aromatic heterocycles. The Morgan fingerprint density at radius 2 is 2.00 bits per heavy atom. The Morgan fingerprint density at radius 3 is 2.68 bits per heavy atom. The molecule has 1 aliphatic rings. The first-order valence-corrected chi connectivity index (χ1v) is 6.94. The number of primary amides is 1. The summed E-state index contributed by atoms with van der Waals surface area (Å²) in [5, 5.41) is 12.8. The summed E-state index contributed by atoms with van der Waals surface area (Å²) in [5.41, 5.74) is 6.40. The molecule has 1 saturated carbocycles. The largest absolute Gasteiger partial charge is 0.382 e. The van der Waals surface area contributed by atoms with Gasteiger partial charge in [0.15, 0.2) is 0 Å². The number of aliphatic hydroxyl groups is 1. The van der Waals surface area contributed by atoms with E-state index in [9.17, 15) is 9.90 Å². The molecule has 1 fully saturated rings. The maximum Gasteiger partial charge on any atom is 0.247 e. The van der Waals surface area contributed by atoms with Crippen molar-refractivity contribution in [1.82, 2.24) is 5.32 Å². The summed E-state index contributed by atoms with van der Waals surface area (Å²) in [6.45, 7) is 0.239. The van der Waals surface area contributed by atoms with Crippen LogP contribution in [0.15, 0.2) is 30.3 Å². The first-order chi connectivity index (χ1) is 9.18. The van der Waals surface area contributed by atoms with Crippen molar-refractivity contribution in [2.45, 2.75) is 43.7 Å². The molecule has 0 bridgehead atoms. The van der Waals surface area contributed by atoms with E-state index < -0.39 is 12.0 Å². The SMILES string of the molecule is NC(=O)C(O)CNC1CCCCC1c1ccccc1. The Labute approximate surface area is 114 Å². The van der Waals surface area contributed by atoms with Gasteiger partial charge < -0.3 is 16.2 Å². The van der Waals surface area contributed by atoms with Gasteiger partial charge in [0.05, 0.1) is 0 Å². The second-order valence-corrected chi connectivity index (χ2v) is 5.23. The number of hydrogen-bond acceptors (Lipinski definition) is 3. The third-order valence-corrected chi connectivity index (χ3v) is 3.90. The predicted octanol–water partition coefficient (Wildman–Crippen LogP) is 1.15. The molecule has 0 radical (unpaired) electrons. The van der Waals surface area contributed by atoms with Crippen molar-refractivity contribution in [3.63, 3.8) is 0 Å². The van der Waals surface area contributed by atoms with Crippen LogP contribution in [-0.4, -0.2) is 29.7 Å². The molecule has 1 aromatic rings. The van der Waals surface area contributed by atoms with Gasteiger partial charge in [0.1, 0.15) is 6.10 Å². The van der Waals surface area contributed by atoms with Gasteiger partial charge in [-0.15, -0.1) is 0 Å². The minimum Gasteiger partial charge on any atom is -0.382 e. The molecule has 4 heteroatoms. The molecule has 3 unspecified atom stereocenters. The second kappa shape index (κ2) is 6.68. The smallest absolute Gasteiger partial charge is 0.247 e. The van der Waals surface area contributed by atoms with Crippen LogP contribution >= 0.6 is 0 Å². The van der Waals surface area contributed by atoms with E-state index in [1.165, 1.54) is 18.4 Å². The molecule has 4 N–H and O–H groups in total. The minimum atomic E-state index is -1.10.